The Morgan fingerprint density at radius 3 is 0.993 bits per heavy atom. The molecule has 6 fully saturated rings. The molecule has 12 aliphatic heterocycles. The summed E-state index contributed by atoms with van der Waals surface area (Å²) in [5, 5.41) is 0. The van der Waals surface area contributed by atoms with Crippen molar-refractivity contribution in [2.45, 2.75) is 253 Å². The van der Waals surface area contributed by atoms with Crippen molar-refractivity contribution in [1.29, 1.82) is 0 Å². The Kier molecular flexibility index (Phi) is 14.2. The first-order valence-corrected chi connectivity index (χ1v) is 44.1. The maximum atomic E-state index is 14.0. The second-order valence-electron chi connectivity index (χ2n) is 34.3. The minimum Gasteiger partial charge on any atom is -0.493 e. The van der Waals surface area contributed by atoms with Crippen LogP contribution in [0.2, 0.25) is 0 Å². The van der Waals surface area contributed by atoms with Crippen LogP contribution in [0.3, 0.4) is 0 Å². The molecule has 15 unspecified atom stereocenters. The number of piperidine rings is 6. The summed E-state index contributed by atoms with van der Waals surface area (Å²) in [6.07, 6.45) is -37.2. The first-order chi connectivity index (χ1) is 104. The highest BCUT2D eigenvalue weighted by atomic mass is 16.5. The number of benzene rings is 6. The highest BCUT2D eigenvalue weighted by Gasteiger charge is 2.47. The first kappa shape index (κ1) is 40.2. The molecule has 0 aromatic heterocycles. The number of carbonyl (C=O) groups excluding carboxylic acids is 6. The third-order valence-corrected chi connectivity index (χ3v) is 23.9. The van der Waals surface area contributed by atoms with E-state index in [1.54, 1.807) is 13.8 Å². The van der Waals surface area contributed by atoms with E-state index in [0.717, 1.165) is 21.8 Å². The smallest absolute Gasteiger partial charge is 0.161 e. The van der Waals surface area contributed by atoms with Crippen LogP contribution in [-0.2, 0) is 67.2 Å². The SMILES string of the molecule is [2H]c1c(OC([2H])([2H])[2H])c(OC([2H])([2H])[2H])c([2H])c2c1C1([2H])CC(=O)C(CC(C)C)CN1C([2H])([2H])C2([2H])[2H].[2H]c1c(OC([2H])([2H])[2H])c(OC)c([2H])c2c1C1([2H])CC(=O)C(C([2H])([2H])C([2H])(C([2H])([2H])[2H])C([2H])([2H])C)CN1C([2H])([2H])C2([2H])[2H].[2H]c1c2c(c([2H])c(OC([2H])([2H])[2H])c1OC([2H])([2H])[2H])C1CC(=O)C(C([2H])([2H])C([2H])(C([2H])([2H])[2H])C([2H])([2H])C)C([2H])([2H])N1CC2.[2H]c1c2c(c([2H])c(OC([2H])([2H])[2H])c1OC([2H])([2H])[2H])C1CC(=O)C(CC(C)C)C([2H])([2H])N1CC2.[2H]c1c2c(c([2H])c(OC([2H])([2H])[2H])c1OC([2H])([2H])[2H])C1N(CC2)C([2H])([2H])C([2H])(C([2H])([2H])C([2H])(C([2H])([2H])[2H])C([2H])([2H])C)C(=O)C1([2H])[2H].[2H]c1c2c(c([2H])c(OC([2H])([2H])[2H])c1OC([2H])([2H])[2H])C1N(CC2)C([2H])([2H])C([2H])(CC(C)C)C(=O)C1([2H])[2H]. The lowest BCUT2D eigenvalue weighted by molar-refractivity contribution is -0.130. The Morgan fingerprint density at radius 2 is 0.624 bits per heavy atom. The van der Waals surface area contributed by atoms with E-state index < -0.39 is 527 Å². The molecule has 6 aromatic rings. The lowest BCUT2D eigenvalue weighted by atomic mass is 9.79. The molecular weight excluding hydrogens is 1780 g/mol. The Labute approximate surface area is 973 Å². The van der Waals surface area contributed by atoms with Crippen LogP contribution in [0.15, 0.2) is 72.5 Å². The van der Waals surface area contributed by atoms with Crippen molar-refractivity contribution in [3.8, 4) is 69.0 Å². The number of carbonyl (C=O) groups is 6. The predicted octanol–water partition coefficient (Wildman–Crippen LogP) is 20.6. The van der Waals surface area contributed by atoms with E-state index in [0.29, 0.717) is 43.4 Å². The van der Waals surface area contributed by atoms with E-state index in [1.807, 2.05) is 27.7 Å². The summed E-state index contributed by atoms with van der Waals surface area (Å²) in [4.78, 5) is 85.5. The monoisotopic (exact) mass is 2040 g/mol. The van der Waals surface area contributed by atoms with Crippen molar-refractivity contribution in [3.05, 3.63) is 139 Å². The molecule has 18 rings (SSSR count). The van der Waals surface area contributed by atoms with Gasteiger partial charge in [0.2, 0.25) is 0 Å². The molecule has 0 bridgehead atoms. The minimum absolute atomic E-state index is 0.0438. The molecule has 0 aliphatic carbocycles. The first-order valence-electron chi connectivity index (χ1n) is 90.6. The normalized spacial score (nSPS) is 42.5. The molecule has 6 aromatic carbocycles. The molecule has 141 heavy (non-hydrogen) atoms. The van der Waals surface area contributed by atoms with Crippen LogP contribution >= 0.6 is 0 Å². The second-order valence-corrected chi connectivity index (χ2v) is 34.3. The summed E-state index contributed by atoms with van der Waals surface area (Å²) in [6.45, 7) is -19.2. The fraction of sp³-hybridized carbons (Fsp3) is 0.641. The Morgan fingerprint density at radius 1 is 0.333 bits per heavy atom. The standard InChI is InChI=1S/3C20H29NO3.3C19H27NO3/c3*1-5-13(2)8-15-12-21-7-6-14-9-19(23-3)20(24-4)10-16(14)17(21)11-18(15)22;3*1-12(2)7-14-11-20-6-5-13-8-18(22-3)19(23-4)9-15(13)16(20)10-17(14)21/h3*9-10,13,15,17H,5-8,11-12H2,1-4H3;3*8-9,12,14,16H,5-7,10-11H2,1-4H3/i2D3,3D3,4D3,5D2,8D2,9D,10D,11D2,12D2,13D,15D;2D3,4D3,5D2,6D2,7D2,8D2,9D,10D,13D,17D;2D3,3D3,4D3,5D2,8D2,9D,10D,12D2,13D;3D3,4D3,8D,9D,10D2,11D2,14D;3D3,4D3,5D2,6D2,8D,9D,16D;3D3,4D3,8D,9D,11D2. The number of ketones is 6. The van der Waals surface area contributed by atoms with Crippen molar-refractivity contribution < 1.29 is 213 Å². The van der Waals surface area contributed by atoms with Crippen LogP contribution in [0.5, 0.6) is 69.0 Å². The maximum absolute atomic E-state index is 14.0. The Bertz CT molecular complexity index is 9720. The summed E-state index contributed by atoms with van der Waals surface area (Å²) in [5.41, 5.74) is -4.83. The van der Waals surface area contributed by atoms with Crippen LogP contribution in [0.4, 0.5) is 0 Å². The van der Waals surface area contributed by atoms with Gasteiger partial charge < -0.3 is 56.8 Å². The van der Waals surface area contributed by atoms with Crippen molar-refractivity contribution in [1.82, 2.24) is 29.4 Å². The number of methoxy groups -OCH3 is 12. The van der Waals surface area contributed by atoms with Gasteiger partial charge in [0.1, 0.15) is 34.7 Å². The Hall–Kier alpha value is -9.30. The van der Waals surface area contributed by atoms with Crippen LogP contribution in [0.1, 0.15) is 409 Å². The molecule has 0 saturated carbocycles. The van der Waals surface area contributed by atoms with Gasteiger partial charge in [-0.3, -0.25) is 58.2 Å². The lowest BCUT2D eigenvalue weighted by Gasteiger charge is -2.43. The third-order valence-electron chi connectivity index (χ3n) is 23.9. The number of ether oxygens (including phenoxy) is 12. The van der Waals surface area contributed by atoms with Crippen LogP contribution in [0.25, 0.3) is 0 Å². The van der Waals surface area contributed by atoms with Gasteiger partial charge in [-0.25, -0.2) is 0 Å². The van der Waals surface area contributed by atoms with Gasteiger partial charge in [-0.15, -0.1) is 0 Å². The second kappa shape index (κ2) is 50.0. The fourth-order valence-electron chi connectivity index (χ4n) is 17.2. The summed E-state index contributed by atoms with van der Waals surface area (Å²) >= 11 is 0. The molecule has 6 saturated heterocycles. The van der Waals surface area contributed by atoms with Crippen molar-refractivity contribution in [2.24, 2.45) is 70.9 Å². The van der Waals surface area contributed by atoms with Gasteiger partial charge in [-0.1, -0.05) is 102 Å². The van der Waals surface area contributed by atoms with E-state index in [2.05, 4.69) is 0 Å². The molecule has 24 nitrogen and oxygen atoms in total. The molecule has 774 valence electrons. The quantitative estimate of drug-likeness (QED) is 0.0466. The lowest BCUT2D eigenvalue weighted by Crippen LogP contribution is -2.46. The van der Waals surface area contributed by atoms with E-state index in [-0.39, 0.29) is 121 Å². The van der Waals surface area contributed by atoms with Gasteiger partial charge in [0, 0.05) is 251 Å². The average molecular weight is 2040 g/mol. The number of hydrogen-bond acceptors (Lipinski definition) is 24. The number of hydrogen-bond donors (Lipinski definition) is 0. The average Bonchev–Trinajstić information content (AvgIpc) is 0.654. The molecule has 0 spiro atoms. The highest BCUT2D eigenvalue weighted by Crippen LogP contribution is 2.51. The molecule has 12 heterocycles. The van der Waals surface area contributed by atoms with Gasteiger partial charge in [-0.05, 0) is 252 Å². The van der Waals surface area contributed by atoms with Gasteiger partial charge in [0.25, 0.3) is 0 Å². The van der Waals surface area contributed by atoms with Crippen LogP contribution < -0.4 is 56.8 Å². The largest absolute Gasteiger partial charge is 0.493 e. The molecule has 12 aliphatic rings. The minimum atomic E-state index is -4.29. The summed E-state index contributed by atoms with van der Waals surface area (Å²) in [7, 11) is -34.3. The van der Waals surface area contributed by atoms with Crippen LogP contribution in [0, 0.1) is 70.9 Å². The summed E-state index contributed by atoms with van der Waals surface area (Å²) in [6, 6.07) is -21.6. The number of Topliss-reactive ketones (excluding diaryl/α,β-unsaturated/α-hetero) is 6. The van der Waals surface area contributed by atoms with E-state index >= 15 is 0 Å². The van der Waals surface area contributed by atoms with Crippen molar-refractivity contribution >= 4 is 34.7 Å². The summed E-state index contributed by atoms with van der Waals surface area (Å²) in [5.74, 6) is -42.3. The molecule has 0 radical (unpaired) electrons. The fourth-order valence-corrected chi connectivity index (χ4v) is 17.2. The zero-order chi connectivity index (χ0) is 182. The van der Waals surface area contributed by atoms with Gasteiger partial charge in [0.05, 0.1) is 149 Å². The van der Waals surface area contributed by atoms with Crippen LogP contribution in [-0.4, -0.2) is 227 Å². The maximum Gasteiger partial charge on any atom is 0.161 e. The molecular formula is C117H168N6O18. The third kappa shape index (κ3) is 25.6. The van der Waals surface area contributed by atoms with Gasteiger partial charge >= 0.3 is 0 Å². The number of nitrogens with zero attached hydrogens (tertiary/aromatic N) is 6. The molecule has 0 amide bonds. The van der Waals surface area contributed by atoms with Crippen molar-refractivity contribution in [3.63, 3.8) is 0 Å². The Balaban J connectivity index is 0.000000222. The zero-order valence-corrected chi connectivity index (χ0v) is 77.9. The zero-order valence-electron chi connectivity index (χ0n) is 171. The van der Waals surface area contributed by atoms with E-state index in [4.69, 9.17) is 183 Å². The van der Waals surface area contributed by atoms with E-state index in [9.17, 15) is 30.1 Å². The topological polar surface area (TPSA) is 233 Å². The summed E-state index contributed by atoms with van der Waals surface area (Å²) < 4.78 is 811. The molecule has 0 N–H and O–H groups in total. The molecule has 24 heteroatoms. The van der Waals surface area contributed by atoms with Gasteiger partial charge in [0.15, 0.2) is 69.0 Å². The highest BCUT2D eigenvalue weighted by molar-refractivity contribution is 5.86. The predicted molar refractivity (Wildman–Crippen MR) is 555 cm³/mol. The van der Waals surface area contributed by atoms with Gasteiger partial charge in [-0.2, -0.15) is 0 Å². The van der Waals surface area contributed by atoms with E-state index in [1.165, 1.54) is 4.90 Å². The van der Waals surface area contributed by atoms with Crippen molar-refractivity contribution in [2.75, 3.05) is 163 Å². The molecule has 15 atom stereocenters. The number of rotatable bonds is 27. The number of fused-ring (bicyclic) bond motifs is 18.